The molecule has 1 amide bonds. The lowest BCUT2D eigenvalue weighted by atomic mass is 9.67. The van der Waals surface area contributed by atoms with E-state index in [9.17, 15) is 23.5 Å². The van der Waals surface area contributed by atoms with Crippen molar-refractivity contribution in [1.82, 2.24) is 4.90 Å². The molecule has 2 heterocycles. The predicted molar refractivity (Wildman–Crippen MR) is 204 cm³/mol. The summed E-state index contributed by atoms with van der Waals surface area (Å²) in [5, 5.41) is 10.7. The number of carbonyl (C=O) groups excluding carboxylic acids is 1. The molecule has 1 aliphatic carbocycles. The number of likely N-dealkylation sites (tertiary alicyclic amines) is 1. The number of carboxylic acids is 1. The highest BCUT2D eigenvalue weighted by molar-refractivity contribution is 8.11. The molecule has 3 unspecified atom stereocenters. The topological polar surface area (TPSA) is 76.1 Å². The first kappa shape index (κ1) is 41.2. The quantitative estimate of drug-likeness (QED) is 0.242. The molecule has 2 aliphatic heterocycles. The number of alkyl halides is 2. The summed E-state index contributed by atoms with van der Waals surface area (Å²) < 4.78 is 38.1. The molecule has 4 rings (SSSR count). The Kier molecular flexibility index (Phi) is 13.8. The van der Waals surface area contributed by atoms with Gasteiger partial charge in [-0.1, -0.05) is 77.9 Å². The Bertz CT molecular complexity index is 1420. The third-order valence-corrected chi connectivity index (χ3v) is 12.6. The van der Waals surface area contributed by atoms with Gasteiger partial charge in [0.05, 0.1) is 5.41 Å². The highest BCUT2D eigenvalue weighted by Crippen LogP contribution is 2.53. The lowest BCUT2D eigenvalue weighted by molar-refractivity contribution is -0.152. The molecule has 5 atom stereocenters. The van der Waals surface area contributed by atoms with Crippen molar-refractivity contribution >= 4 is 28.7 Å². The van der Waals surface area contributed by atoms with Gasteiger partial charge < -0.3 is 19.5 Å². The summed E-state index contributed by atoms with van der Waals surface area (Å²) >= 11 is 1.64. The number of amides is 1. The highest BCUT2D eigenvalue weighted by atomic mass is 32.2. The molecule has 51 heavy (non-hydrogen) atoms. The molecular weight excluding hydrogens is 669 g/mol. The van der Waals surface area contributed by atoms with Gasteiger partial charge in [-0.2, -0.15) is 8.78 Å². The van der Waals surface area contributed by atoms with E-state index >= 15 is 0 Å². The molecule has 0 aromatic heterocycles. The minimum absolute atomic E-state index is 0.0357. The molecule has 9 heteroatoms. The van der Waals surface area contributed by atoms with Crippen LogP contribution in [0.4, 0.5) is 13.6 Å². The number of hydrogen-bond donors (Lipinski definition) is 1. The van der Waals surface area contributed by atoms with Crippen LogP contribution in [0.2, 0.25) is 0 Å². The second kappa shape index (κ2) is 17.1. The van der Waals surface area contributed by atoms with E-state index in [1.54, 1.807) is 22.7 Å². The zero-order valence-electron chi connectivity index (χ0n) is 32.5. The largest absolute Gasteiger partial charge is 0.481 e. The number of hydrogen-bond acceptors (Lipinski definition) is 5. The summed E-state index contributed by atoms with van der Waals surface area (Å²) in [6, 6.07) is 5.58. The van der Waals surface area contributed by atoms with Gasteiger partial charge in [-0.3, -0.25) is 4.79 Å². The van der Waals surface area contributed by atoms with Crippen LogP contribution in [0.5, 0.6) is 5.75 Å². The first-order valence-electron chi connectivity index (χ1n) is 19.2. The average Bonchev–Trinajstić information content (AvgIpc) is 3.31. The van der Waals surface area contributed by atoms with E-state index in [0.717, 1.165) is 61.8 Å². The normalized spacial score (nSPS) is 26.9. The SMILES string of the molecule is CCC[C@]1(C(=O)O)CC(CCC2=CC(C)CC=C(c3cc(C4CCN(C(=O)OC(C)(C)C)CC4)ccc3OC(F)F)S2)C(C)C[C@H](C(C)(C)C)C1. The van der Waals surface area contributed by atoms with Crippen molar-refractivity contribution in [3.8, 4) is 5.75 Å². The summed E-state index contributed by atoms with van der Waals surface area (Å²) in [5.74, 6) is 0.997. The highest BCUT2D eigenvalue weighted by Gasteiger charge is 2.47. The van der Waals surface area contributed by atoms with Crippen LogP contribution in [0.15, 0.2) is 35.3 Å². The number of ether oxygens (including phenoxy) is 2. The molecule has 1 saturated heterocycles. The Morgan fingerprint density at radius 1 is 1.08 bits per heavy atom. The van der Waals surface area contributed by atoms with Gasteiger partial charge in [0.15, 0.2) is 0 Å². The van der Waals surface area contributed by atoms with Crippen molar-refractivity contribution in [2.24, 2.45) is 34.5 Å². The Balaban J connectivity index is 1.55. The number of piperidine rings is 1. The Labute approximate surface area is 310 Å². The van der Waals surface area contributed by atoms with Gasteiger partial charge in [0.25, 0.3) is 0 Å². The molecule has 2 fully saturated rings. The maximum atomic E-state index is 13.7. The third-order valence-electron chi connectivity index (χ3n) is 11.4. The van der Waals surface area contributed by atoms with Crippen molar-refractivity contribution in [2.75, 3.05) is 13.1 Å². The number of carbonyl (C=O) groups is 2. The molecular formula is C42H63F2NO5S. The molecule has 0 radical (unpaired) electrons. The van der Waals surface area contributed by atoms with E-state index in [1.165, 1.54) is 4.91 Å². The molecule has 0 bridgehead atoms. The molecule has 1 N–H and O–H groups in total. The van der Waals surface area contributed by atoms with E-state index in [1.807, 2.05) is 32.9 Å². The fourth-order valence-electron chi connectivity index (χ4n) is 8.43. The van der Waals surface area contributed by atoms with Gasteiger partial charge in [0, 0.05) is 23.6 Å². The van der Waals surface area contributed by atoms with Crippen LogP contribution in [0.25, 0.3) is 4.91 Å². The number of rotatable bonds is 10. The van der Waals surface area contributed by atoms with Crippen molar-refractivity contribution in [3.05, 3.63) is 46.4 Å². The summed E-state index contributed by atoms with van der Waals surface area (Å²) in [6.45, 7) is 17.1. The summed E-state index contributed by atoms with van der Waals surface area (Å²) in [4.78, 5) is 29.5. The average molecular weight is 732 g/mol. The maximum absolute atomic E-state index is 13.7. The van der Waals surface area contributed by atoms with Gasteiger partial charge in [-0.05, 0) is 136 Å². The van der Waals surface area contributed by atoms with Gasteiger partial charge in [-0.15, -0.1) is 0 Å². The molecule has 3 aliphatic rings. The first-order valence-corrected chi connectivity index (χ1v) is 20.0. The van der Waals surface area contributed by atoms with Crippen LogP contribution >= 0.6 is 11.8 Å². The van der Waals surface area contributed by atoms with E-state index in [2.05, 4.69) is 53.7 Å². The monoisotopic (exact) mass is 731 g/mol. The van der Waals surface area contributed by atoms with E-state index < -0.39 is 23.6 Å². The fraction of sp³-hybridized carbons (Fsp3) is 0.714. The second-order valence-corrected chi connectivity index (χ2v) is 18.9. The molecule has 1 aromatic carbocycles. The van der Waals surface area contributed by atoms with Gasteiger partial charge in [-0.25, -0.2) is 4.79 Å². The first-order chi connectivity index (χ1) is 23.8. The number of allylic oxidation sites excluding steroid dienone is 3. The number of halogens is 2. The lowest BCUT2D eigenvalue weighted by Gasteiger charge is -2.37. The molecule has 6 nitrogen and oxygen atoms in total. The van der Waals surface area contributed by atoms with E-state index in [4.69, 9.17) is 9.47 Å². The molecule has 1 aromatic rings. The molecule has 286 valence electrons. The van der Waals surface area contributed by atoms with Crippen LogP contribution in [-0.4, -0.2) is 47.4 Å². The molecule has 1 saturated carbocycles. The van der Waals surface area contributed by atoms with Crippen molar-refractivity contribution < 1.29 is 33.0 Å². The Hall–Kier alpha value is -2.55. The number of carboxylic acid groups (broad SMARTS) is 1. The van der Waals surface area contributed by atoms with Crippen LogP contribution in [-0.2, 0) is 9.53 Å². The number of aliphatic carboxylic acids is 1. The maximum Gasteiger partial charge on any atom is 0.410 e. The minimum Gasteiger partial charge on any atom is -0.481 e. The lowest BCUT2D eigenvalue weighted by Crippen LogP contribution is -2.41. The zero-order valence-corrected chi connectivity index (χ0v) is 33.3. The van der Waals surface area contributed by atoms with Crippen LogP contribution < -0.4 is 4.74 Å². The zero-order chi connectivity index (χ0) is 37.7. The third kappa shape index (κ3) is 11.2. The second-order valence-electron chi connectivity index (χ2n) is 17.7. The predicted octanol–water partition coefficient (Wildman–Crippen LogP) is 12.2. The summed E-state index contributed by atoms with van der Waals surface area (Å²) in [6.07, 6.45) is 12.2. The van der Waals surface area contributed by atoms with Crippen LogP contribution in [0, 0.1) is 34.5 Å². The standard InChI is InChI=1S/C42H63F2NO5S/c1-10-19-42(37(46)47)25-31(28(3)23-32(26-42)40(4,5)6)12-14-33-22-27(2)11-16-36(51-33)34-24-30(13-15-35(34)49-38(43)44)29-17-20-45(21-18-29)39(48)50-41(7,8)9/h13,15-16,22,24,27-29,31-32,38H,10-12,14,17-21,23,25-26H2,1-9H3,(H,46,47)/t27?,28?,31?,32-,42-/m0/s1. The van der Waals surface area contributed by atoms with Crippen LogP contribution in [0.3, 0.4) is 0 Å². The van der Waals surface area contributed by atoms with Crippen molar-refractivity contribution in [3.63, 3.8) is 0 Å². The van der Waals surface area contributed by atoms with Gasteiger partial charge >= 0.3 is 18.7 Å². The minimum atomic E-state index is -2.94. The fourth-order valence-corrected chi connectivity index (χ4v) is 9.68. The van der Waals surface area contributed by atoms with E-state index in [0.29, 0.717) is 43.3 Å². The van der Waals surface area contributed by atoms with E-state index in [-0.39, 0.29) is 35.0 Å². The smallest absolute Gasteiger partial charge is 0.410 e. The summed E-state index contributed by atoms with van der Waals surface area (Å²) in [5.41, 5.74) is 0.502. The Morgan fingerprint density at radius 2 is 1.76 bits per heavy atom. The Morgan fingerprint density at radius 3 is 2.35 bits per heavy atom. The van der Waals surface area contributed by atoms with Crippen LogP contribution in [0.1, 0.15) is 144 Å². The number of thioether (sulfide) groups is 1. The molecule has 0 spiro atoms. The van der Waals surface area contributed by atoms with Gasteiger partial charge in [0.2, 0.25) is 0 Å². The number of nitrogens with zero attached hydrogens (tertiary/aromatic N) is 1. The number of benzene rings is 1. The van der Waals surface area contributed by atoms with Gasteiger partial charge in [0.1, 0.15) is 11.4 Å². The summed E-state index contributed by atoms with van der Waals surface area (Å²) in [7, 11) is 0. The van der Waals surface area contributed by atoms with Crippen molar-refractivity contribution in [1.29, 1.82) is 0 Å². The van der Waals surface area contributed by atoms with Crippen molar-refractivity contribution in [2.45, 2.75) is 145 Å².